The fourth-order valence-corrected chi connectivity index (χ4v) is 0. The Kier molecular flexibility index (Phi) is 4.11. The van der Waals surface area contributed by atoms with E-state index in [2.05, 4.69) is 0 Å². The van der Waals surface area contributed by atoms with E-state index < -0.39 is 7.25 Å². The number of rotatable bonds is 0. The molecule has 0 saturated carbocycles. The van der Waals surface area contributed by atoms with E-state index in [-0.39, 0.29) is 19.5 Å². The Labute approximate surface area is 44.8 Å². The maximum absolute atomic E-state index is 9.75. The van der Waals surface area contributed by atoms with Crippen molar-refractivity contribution < 1.29 is 36.7 Å². The van der Waals surface area contributed by atoms with Crippen LogP contribution >= 0.6 is 0 Å². The van der Waals surface area contributed by atoms with Crippen LogP contribution in [0.1, 0.15) is 0 Å². The molecule has 0 heterocycles. The maximum atomic E-state index is 9.75. The molecule has 0 aliphatic carbocycles. The van der Waals surface area contributed by atoms with E-state index in [1.54, 1.807) is 0 Å². The quantitative estimate of drug-likeness (QED) is 0.398. The first-order valence-corrected chi connectivity index (χ1v) is 0.873. The molecule has 41 valence electrons. The van der Waals surface area contributed by atoms with Crippen LogP contribution in [0.25, 0.3) is 0 Å². The van der Waals surface area contributed by atoms with Crippen LogP contribution in [-0.4, -0.2) is 7.25 Å². The van der Waals surface area contributed by atoms with Gasteiger partial charge in [-0.25, -0.2) is 0 Å². The van der Waals surface area contributed by atoms with Gasteiger partial charge in [-0.15, -0.1) is 0 Å². The molecule has 0 saturated heterocycles. The molecule has 6 heavy (non-hydrogen) atoms. The van der Waals surface area contributed by atoms with Gasteiger partial charge in [-0.1, -0.05) is 0 Å². The molecule has 0 rings (SSSR count). The van der Waals surface area contributed by atoms with Crippen molar-refractivity contribution in [3.63, 3.8) is 0 Å². The molecule has 0 unspecified atom stereocenters. The zero-order valence-electron chi connectivity index (χ0n) is 2.42. The van der Waals surface area contributed by atoms with E-state index >= 15 is 0 Å². The van der Waals surface area contributed by atoms with E-state index in [4.69, 9.17) is 0 Å². The molecule has 0 amide bonds. The van der Waals surface area contributed by atoms with Crippen LogP contribution in [0.3, 0.4) is 0 Å². The second kappa shape index (κ2) is 2.56. The minimum absolute atomic E-state index is 0. The Morgan fingerprint density at radius 1 is 0.833 bits per heavy atom. The van der Waals surface area contributed by atoms with E-state index in [0.717, 1.165) is 0 Å². The van der Waals surface area contributed by atoms with Gasteiger partial charge in [0.15, 0.2) is 0 Å². The summed E-state index contributed by atoms with van der Waals surface area (Å²) in [5.41, 5.74) is 0. The van der Waals surface area contributed by atoms with E-state index in [0.29, 0.717) is 0 Å². The smallest absolute Gasteiger partial charge is 0.418 e. The average Bonchev–Trinajstić information content (AvgIpc) is 0.722. The van der Waals surface area contributed by atoms with Gasteiger partial charge in [-0.3, -0.25) is 0 Å². The van der Waals surface area contributed by atoms with Gasteiger partial charge >= 0.3 is 7.25 Å². The number of hydrogen-bond acceptors (Lipinski definition) is 0. The average molecular weight is 190 g/mol. The second-order valence-electron chi connectivity index (χ2n) is 0.495. The summed E-state index contributed by atoms with van der Waals surface area (Å²) < 4.78 is 39.0. The number of hydrogen-bond donors (Lipinski definition) is 0. The van der Waals surface area contributed by atoms with Crippen LogP contribution in [0.4, 0.5) is 17.3 Å². The largest absolute Gasteiger partial charge is 0.673 e. The molecule has 0 atom stereocenters. The summed E-state index contributed by atoms with van der Waals surface area (Å²) >= 11 is 0. The zero-order chi connectivity index (χ0) is 4.50. The number of halogens is 4. The first-order chi connectivity index (χ1) is 2.00. The molecule has 0 aromatic carbocycles. The molecule has 0 aromatic rings. The predicted octanol–water partition coefficient (Wildman–Crippen LogP) is 1.30. The van der Waals surface area contributed by atoms with Crippen LogP contribution in [0, 0.1) is 0 Å². The SMILES string of the molecule is F[B-](F)(F)F.[Rh]. The first-order valence-electron chi connectivity index (χ1n) is 0.873. The van der Waals surface area contributed by atoms with Crippen molar-refractivity contribution in [2.75, 3.05) is 0 Å². The third-order valence-corrected chi connectivity index (χ3v) is 0. The molecular formula is BF4Rh-. The van der Waals surface area contributed by atoms with Crippen LogP contribution < -0.4 is 0 Å². The molecule has 0 aromatic heterocycles. The summed E-state index contributed by atoms with van der Waals surface area (Å²) in [6.45, 7) is 0. The Hall–Kier alpha value is 0.408. The molecule has 0 aliphatic heterocycles. The van der Waals surface area contributed by atoms with Crippen LogP contribution in [0.15, 0.2) is 0 Å². The van der Waals surface area contributed by atoms with E-state index in [9.17, 15) is 17.3 Å². The summed E-state index contributed by atoms with van der Waals surface area (Å²) in [5, 5.41) is 0. The Balaban J connectivity index is 0. The summed E-state index contributed by atoms with van der Waals surface area (Å²) in [6.07, 6.45) is 0. The van der Waals surface area contributed by atoms with Crippen molar-refractivity contribution >= 4 is 7.25 Å². The van der Waals surface area contributed by atoms with Crippen molar-refractivity contribution in [2.45, 2.75) is 0 Å². The topological polar surface area (TPSA) is 0 Å². The van der Waals surface area contributed by atoms with E-state index in [1.807, 2.05) is 0 Å². The van der Waals surface area contributed by atoms with Crippen molar-refractivity contribution in [3.05, 3.63) is 0 Å². The van der Waals surface area contributed by atoms with Crippen molar-refractivity contribution in [2.24, 2.45) is 0 Å². The molecule has 0 fully saturated rings. The molecule has 0 nitrogen and oxygen atoms in total. The van der Waals surface area contributed by atoms with Gasteiger partial charge in [-0.05, 0) is 0 Å². The monoisotopic (exact) mass is 190 g/mol. The normalized spacial score (nSPS) is 10.0. The molecule has 0 aliphatic rings. The minimum Gasteiger partial charge on any atom is -0.418 e. The van der Waals surface area contributed by atoms with Gasteiger partial charge in [0, 0.05) is 19.5 Å². The van der Waals surface area contributed by atoms with Gasteiger partial charge in [0.2, 0.25) is 0 Å². The summed E-state index contributed by atoms with van der Waals surface area (Å²) in [5.74, 6) is 0. The third kappa shape index (κ3) is 307. The van der Waals surface area contributed by atoms with Crippen LogP contribution in [0.2, 0.25) is 0 Å². The van der Waals surface area contributed by atoms with Crippen molar-refractivity contribution in [1.29, 1.82) is 0 Å². The molecule has 0 bridgehead atoms. The minimum atomic E-state index is -6.00. The van der Waals surface area contributed by atoms with Gasteiger partial charge in [0.05, 0.1) is 0 Å². The zero-order valence-corrected chi connectivity index (χ0v) is 4.06. The molecule has 0 spiro atoms. The third-order valence-electron chi connectivity index (χ3n) is 0. The molecule has 0 N–H and O–H groups in total. The predicted molar refractivity (Wildman–Crippen MR) is 10.2 cm³/mol. The van der Waals surface area contributed by atoms with Gasteiger partial charge < -0.3 is 17.3 Å². The van der Waals surface area contributed by atoms with Gasteiger partial charge in [0.25, 0.3) is 0 Å². The summed E-state index contributed by atoms with van der Waals surface area (Å²) in [7, 11) is -6.00. The van der Waals surface area contributed by atoms with Gasteiger partial charge in [-0.2, -0.15) is 0 Å². The van der Waals surface area contributed by atoms with Crippen LogP contribution in [-0.2, 0) is 19.5 Å². The molecular weight excluding hydrogens is 190 g/mol. The fourth-order valence-electron chi connectivity index (χ4n) is 0. The molecule has 6 heteroatoms. The fraction of sp³-hybridized carbons (Fsp3) is 0. The summed E-state index contributed by atoms with van der Waals surface area (Å²) in [4.78, 5) is 0. The first kappa shape index (κ1) is 9.65. The van der Waals surface area contributed by atoms with Crippen molar-refractivity contribution in [3.8, 4) is 0 Å². The van der Waals surface area contributed by atoms with Crippen LogP contribution in [0.5, 0.6) is 0 Å². The Morgan fingerprint density at radius 2 is 0.833 bits per heavy atom. The standard InChI is InChI=1S/BF4.Rh/c2-1(3,4)5;/q-1;. The summed E-state index contributed by atoms with van der Waals surface area (Å²) in [6, 6.07) is 0. The maximum Gasteiger partial charge on any atom is 0.673 e. The Bertz CT molecular complexity index is 23.0. The Morgan fingerprint density at radius 3 is 0.833 bits per heavy atom. The van der Waals surface area contributed by atoms with E-state index in [1.165, 1.54) is 0 Å². The second-order valence-corrected chi connectivity index (χ2v) is 0.495. The van der Waals surface area contributed by atoms with Gasteiger partial charge in [0.1, 0.15) is 0 Å². The van der Waals surface area contributed by atoms with Crippen molar-refractivity contribution in [1.82, 2.24) is 0 Å². The molecule has 1 radical (unpaired) electrons.